The first-order valence-electron chi connectivity index (χ1n) is 6.41. The maximum absolute atomic E-state index is 11.6. The summed E-state index contributed by atoms with van der Waals surface area (Å²) in [5.74, 6) is 0.319. The van der Waals surface area contributed by atoms with Crippen molar-refractivity contribution in [2.24, 2.45) is 0 Å². The van der Waals surface area contributed by atoms with E-state index in [2.05, 4.69) is 9.88 Å². The molecule has 1 aromatic heterocycles. The summed E-state index contributed by atoms with van der Waals surface area (Å²) in [6.07, 6.45) is 8.11. The average molecular weight is 232 g/mol. The van der Waals surface area contributed by atoms with Gasteiger partial charge in [0.15, 0.2) is 0 Å². The molecule has 1 aromatic rings. The maximum Gasteiger partial charge on any atom is 0.146 e. The van der Waals surface area contributed by atoms with Crippen molar-refractivity contribution < 1.29 is 4.79 Å². The lowest BCUT2D eigenvalue weighted by atomic mass is 9.98. The fourth-order valence-electron chi connectivity index (χ4n) is 2.54. The highest BCUT2D eigenvalue weighted by Crippen LogP contribution is 2.18. The van der Waals surface area contributed by atoms with E-state index in [-0.39, 0.29) is 6.04 Å². The standard InChI is InChI=1S/C14H20N2O/c1-12(17)14-4-2-3-10-16(14)11-7-13-5-8-15-9-6-13/h5-6,8-9,14H,2-4,7,10-11H2,1H3. The first-order chi connectivity index (χ1) is 8.27. The smallest absolute Gasteiger partial charge is 0.146 e. The summed E-state index contributed by atoms with van der Waals surface area (Å²) in [7, 11) is 0. The Labute approximate surface area is 103 Å². The summed E-state index contributed by atoms with van der Waals surface area (Å²) in [6.45, 7) is 3.76. The van der Waals surface area contributed by atoms with E-state index in [0.717, 1.165) is 25.9 Å². The second-order valence-corrected chi connectivity index (χ2v) is 4.76. The van der Waals surface area contributed by atoms with E-state index < -0.39 is 0 Å². The van der Waals surface area contributed by atoms with Gasteiger partial charge in [0.05, 0.1) is 6.04 Å². The average Bonchev–Trinajstić information content (AvgIpc) is 2.38. The second kappa shape index (κ2) is 5.92. The number of pyridine rings is 1. The highest BCUT2D eigenvalue weighted by molar-refractivity contribution is 5.81. The lowest BCUT2D eigenvalue weighted by molar-refractivity contribution is -0.123. The Hall–Kier alpha value is -1.22. The van der Waals surface area contributed by atoms with Crippen LogP contribution in [0.1, 0.15) is 31.7 Å². The highest BCUT2D eigenvalue weighted by atomic mass is 16.1. The first-order valence-corrected chi connectivity index (χ1v) is 6.41. The van der Waals surface area contributed by atoms with E-state index in [0.29, 0.717) is 5.78 Å². The van der Waals surface area contributed by atoms with E-state index in [4.69, 9.17) is 0 Å². The van der Waals surface area contributed by atoms with E-state index in [1.54, 1.807) is 6.92 Å². The zero-order valence-corrected chi connectivity index (χ0v) is 10.4. The zero-order valence-electron chi connectivity index (χ0n) is 10.4. The van der Waals surface area contributed by atoms with Crippen LogP contribution in [0.5, 0.6) is 0 Å². The molecule has 3 heteroatoms. The van der Waals surface area contributed by atoms with Gasteiger partial charge < -0.3 is 0 Å². The molecular formula is C14H20N2O. The molecule has 0 aromatic carbocycles. The van der Waals surface area contributed by atoms with E-state index in [1.165, 1.54) is 18.4 Å². The minimum Gasteiger partial charge on any atom is -0.298 e. The van der Waals surface area contributed by atoms with Crippen molar-refractivity contribution in [2.75, 3.05) is 13.1 Å². The van der Waals surface area contributed by atoms with Gasteiger partial charge >= 0.3 is 0 Å². The Morgan fingerprint density at radius 2 is 2.18 bits per heavy atom. The molecule has 0 N–H and O–H groups in total. The number of ketones is 1. The number of likely N-dealkylation sites (tertiary alicyclic amines) is 1. The molecule has 3 nitrogen and oxygen atoms in total. The summed E-state index contributed by atoms with van der Waals surface area (Å²) in [5.41, 5.74) is 1.30. The van der Waals surface area contributed by atoms with Crippen LogP contribution in [0.15, 0.2) is 24.5 Å². The van der Waals surface area contributed by atoms with Gasteiger partial charge in [0.1, 0.15) is 5.78 Å². The molecule has 0 bridgehead atoms. The molecule has 0 saturated carbocycles. The van der Waals surface area contributed by atoms with E-state index in [9.17, 15) is 4.79 Å². The zero-order chi connectivity index (χ0) is 12.1. The van der Waals surface area contributed by atoms with Gasteiger partial charge in [-0.3, -0.25) is 14.7 Å². The van der Waals surface area contributed by atoms with Crippen LogP contribution in [0.4, 0.5) is 0 Å². The van der Waals surface area contributed by atoms with Crippen molar-refractivity contribution in [3.05, 3.63) is 30.1 Å². The van der Waals surface area contributed by atoms with Gasteiger partial charge in [0.2, 0.25) is 0 Å². The topological polar surface area (TPSA) is 33.2 Å². The van der Waals surface area contributed by atoms with Crippen LogP contribution in [0.3, 0.4) is 0 Å². The number of carbonyl (C=O) groups is 1. The number of aromatic nitrogens is 1. The minimum atomic E-state index is 0.158. The molecule has 1 unspecified atom stereocenters. The highest BCUT2D eigenvalue weighted by Gasteiger charge is 2.25. The molecule has 1 aliphatic heterocycles. The van der Waals surface area contributed by atoms with Crippen molar-refractivity contribution in [1.82, 2.24) is 9.88 Å². The van der Waals surface area contributed by atoms with Crippen molar-refractivity contribution in [3.8, 4) is 0 Å². The molecular weight excluding hydrogens is 212 g/mol. The Balaban J connectivity index is 1.90. The van der Waals surface area contributed by atoms with Crippen LogP contribution < -0.4 is 0 Å². The Bertz CT molecular complexity index is 364. The quantitative estimate of drug-likeness (QED) is 0.796. The van der Waals surface area contributed by atoms with Gasteiger partial charge in [-0.25, -0.2) is 0 Å². The summed E-state index contributed by atoms with van der Waals surface area (Å²) < 4.78 is 0. The van der Waals surface area contributed by atoms with Crippen molar-refractivity contribution in [2.45, 2.75) is 38.6 Å². The van der Waals surface area contributed by atoms with Crippen molar-refractivity contribution in [3.63, 3.8) is 0 Å². The van der Waals surface area contributed by atoms with E-state index in [1.807, 2.05) is 24.5 Å². The molecule has 1 aliphatic rings. The molecule has 0 spiro atoms. The third-order valence-electron chi connectivity index (χ3n) is 3.52. The molecule has 1 saturated heterocycles. The van der Waals surface area contributed by atoms with Crippen LogP contribution in [0.2, 0.25) is 0 Å². The number of rotatable bonds is 4. The predicted molar refractivity (Wildman–Crippen MR) is 67.8 cm³/mol. The normalized spacial score (nSPS) is 21.4. The number of piperidine rings is 1. The fraction of sp³-hybridized carbons (Fsp3) is 0.571. The number of hydrogen-bond acceptors (Lipinski definition) is 3. The molecule has 1 fully saturated rings. The SMILES string of the molecule is CC(=O)C1CCCCN1CCc1ccncc1. The molecule has 2 rings (SSSR count). The Morgan fingerprint density at radius 1 is 1.41 bits per heavy atom. The third-order valence-corrected chi connectivity index (χ3v) is 3.52. The van der Waals surface area contributed by atoms with Gasteiger partial charge in [-0.15, -0.1) is 0 Å². The third kappa shape index (κ3) is 3.37. The second-order valence-electron chi connectivity index (χ2n) is 4.76. The van der Waals surface area contributed by atoms with Crippen molar-refractivity contribution >= 4 is 5.78 Å². The van der Waals surface area contributed by atoms with Crippen molar-refractivity contribution in [1.29, 1.82) is 0 Å². The minimum absolute atomic E-state index is 0.158. The van der Waals surface area contributed by atoms with Crippen LogP contribution in [0.25, 0.3) is 0 Å². The van der Waals surface area contributed by atoms with Gasteiger partial charge in [0.25, 0.3) is 0 Å². The largest absolute Gasteiger partial charge is 0.298 e. The Morgan fingerprint density at radius 3 is 2.88 bits per heavy atom. The van der Waals surface area contributed by atoms with Gasteiger partial charge in [-0.2, -0.15) is 0 Å². The number of nitrogens with zero attached hydrogens (tertiary/aromatic N) is 2. The number of hydrogen-bond donors (Lipinski definition) is 0. The lowest BCUT2D eigenvalue weighted by Crippen LogP contribution is -2.44. The molecule has 0 aliphatic carbocycles. The fourth-order valence-corrected chi connectivity index (χ4v) is 2.54. The summed E-state index contributed by atoms with van der Waals surface area (Å²) in [4.78, 5) is 17.9. The lowest BCUT2D eigenvalue weighted by Gasteiger charge is -2.34. The Kier molecular flexibility index (Phi) is 4.26. The molecule has 17 heavy (non-hydrogen) atoms. The maximum atomic E-state index is 11.6. The summed E-state index contributed by atoms with van der Waals surface area (Å²) >= 11 is 0. The van der Waals surface area contributed by atoms with Crippen LogP contribution >= 0.6 is 0 Å². The van der Waals surface area contributed by atoms with Gasteiger partial charge in [-0.1, -0.05) is 6.42 Å². The number of carbonyl (C=O) groups excluding carboxylic acids is 1. The number of Topliss-reactive ketones (excluding diaryl/α,β-unsaturated/α-hetero) is 1. The van der Waals surface area contributed by atoms with Gasteiger partial charge in [-0.05, 0) is 50.4 Å². The van der Waals surface area contributed by atoms with Crippen LogP contribution in [0, 0.1) is 0 Å². The summed E-state index contributed by atoms with van der Waals surface area (Å²) in [5, 5.41) is 0. The molecule has 0 amide bonds. The molecule has 92 valence electrons. The van der Waals surface area contributed by atoms with Gasteiger partial charge in [0, 0.05) is 18.9 Å². The predicted octanol–water partition coefficient (Wildman–Crippen LogP) is 2.07. The van der Waals surface area contributed by atoms with Crippen LogP contribution in [-0.2, 0) is 11.2 Å². The molecule has 1 atom stereocenters. The monoisotopic (exact) mass is 232 g/mol. The van der Waals surface area contributed by atoms with E-state index >= 15 is 0 Å². The summed E-state index contributed by atoms with van der Waals surface area (Å²) in [6, 6.07) is 4.25. The van der Waals surface area contributed by atoms with Crippen LogP contribution in [-0.4, -0.2) is 34.8 Å². The molecule has 2 heterocycles. The molecule has 0 radical (unpaired) electrons. The first kappa shape index (κ1) is 12.2.